The Hall–Kier alpha value is -2.22. The van der Waals surface area contributed by atoms with Crippen molar-refractivity contribution in [3.05, 3.63) is 17.1 Å². The topological polar surface area (TPSA) is 81.7 Å². The van der Waals surface area contributed by atoms with E-state index in [-0.39, 0.29) is 17.7 Å². The lowest BCUT2D eigenvalue weighted by Gasteiger charge is -2.33. The average Bonchev–Trinajstić information content (AvgIpc) is 3.36. The average molecular weight is 443 g/mol. The van der Waals surface area contributed by atoms with Crippen LogP contribution in [0.15, 0.2) is 0 Å². The quantitative estimate of drug-likeness (QED) is 0.729. The van der Waals surface area contributed by atoms with E-state index in [9.17, 15) is 9.59 Å². The number of hydrogen-bond acceptors (Lipinski definition) is 6. The van der Waals surface area contributed by atoms with Gasteiger partial charge in [0.15, 0.2) is 0 Å². The van der Waals surface area contributed by atoms with Crippen molar-refractivity contribution >= 4 is 17.6 Å². The van der Waals surface area contributed by atoms with Gasteiger partial charge in [0.2, 0.25) is 11.8 Å². The highest BCUT2D eigenvalue weighted by Gasteiger charge is 2.29. The molecular formula is C24H38N6O2. The highest BCUT2D eigenvalue weighted by Crippen LogP contribution is 2.31. The van der Waals surface area contributed by atoms with Gasteiger partial charge in [-0.1, -0.05) is 0 Å². The molecule has 2 fully saturated rings. The van der Waals surface area contributed by atoms with E-state index in [4.69, 9.17) is 9.97 Å². The number of anilines is 1. The normalized spacial score (nSPS) is 20.8. The number of rotatable bonds is 6. The minimum atomic E-state index is 0.0905. The van der Waals surface area contributed by atoms with Crippen LogP contribution in [0.3, 0.4) is 0 Å². The molecule has 4 heterocycles. The molecule has 0 radical (unpaired) electrons. The third kappa shape index (κ3) is 5.05. The Bertz CT molecular complexity index is 830. The van der Waals surface area contributed by atoms with Crippen molar-refractivity contribution in [2.75, 3.05) is 45.1 Å². The van der Waals surface area contributed by atoms with E-state index in [1.54, 1.807) is 6.92 Å². The number of fused-ring (bicyclic) bond motifs is 1. The summed E-state index contributed by atoms with van der Waals surface area (Å²) in [5, 5.41) is 3.23. The van der Waals surface area contributed by atoms with Gasteiger partial charge in [-0.05, 0) is 58.5 Å². The predicted octanol–water partition coefficient (Wildman–Crippen LogP) is 2.39. The highest BCUT2D eigenvalue weighted by atomic mass is 16.2. The van der Waals surface area contributed by atoms with E-state index in [1.165, 1.54) is 25.9 Å². The molecule has 32 heavy (non-hydrogen) atoms. The molecule has 0 bridgehead atoms. The van der Waals surface area contributed by atoms with Gasteiger partial charge in [0, 0.05) is 57.5 Å². The lowest BCUT2D eigenvalue weighted by molar-refractivity contribution is -0.132. The van der Waals surface area contributed by atoms with Crippen LogP contribution >= 0.6 is 0 Å². The number of carbonyl (C=O) groups is 2. The Morgan fingerprint density at radius 1 is 1.06 bits per heavy atom. The molecule has 0 spiro atoms. The third-order valence-corrected chi connectivity index (χ3v) is 7.52. The summed E-state index contributed by atoms with van der Waals surface area (Å²) in [5.74, 6) is 2.38. The monoisotopic (exact) mass is 442 g/mol. The molecule has 1 N–H and O–H groups in total. The van der Waals surface area contributed by atoms with Gasteiger partial charge in [0.05, 0.1) is 12.2 Å². The summed E-state index contributed by atoms with van der Waals surface area (Å²) in [4.78, 5) is 40.8. The van der Waals surface area contributed by atoms with E-state index < -0.39 is 0 Å². The largest absolute Gasteiger partial charge is 0.373 e. The number of carbonyl (C=O) groups excluding carboxylic acids is 2. The minimum absolute atomic E-state index is 0.0905. The maximum atomic E-state index is 12.8. The predicted molar refractivity (Wildman–Crippen MR) is 124 cm³/mol. The second kappa shape index (κ2) is 10.1. The van der Waals surface area contributed by atoms with Crippen molar-refractivity contribution in [1.29, 1.82) is 0 Å². The van der Waals surface area contributed by atoms with Gasteiger partial charge in [-0.3, -0.25) is 9.59 Å². The summed E-state index contributed by atoms with van der Waals surface area (Å²) in [6.45, 7) is 9.06. The SMILES string of the molecule is CNc1nc(C2CCN(C(=O)CCC(C)N3CCCC3)CC2)nc2c1CCN(C(C)=O)C2. The van der Waals surface area contributed by atoms with Crippen LogP contribution in [0.2, 0.25) is 0 Å². The van der Waals surface area contributed by atoms with Gasteiger partial charge in [0.25, 0.3) is 0 Å². The first-order valence-corrected chi connectivity index (χ1v) is 12.3. The Labute approximate surface area is 191 Å². The van der Waals surface area contributed by atoms with E-state index in [1.807, 2.05) is 16.8 Å². The first-order valence-electron chi connectivity index (χ1n) is 12.3. The molecule has 1 atom stereocenters. The van der Waals surface area contributed by atoms with Crippen LogP contribution in [0.1, 0.15) is 75.4 Å². The van der Waals surface area contributed by atoms with Gasteiger partial charge in [-0.25, -0.2) is 9.97 Å². The zero-order valence-corrected chi connectivity index (χ0v) is 19.9. The van der Waals surface area contributed by atoms with Crippen LogP contribution in [0.25, 0.3) is 0 Å². The van der Waals surface area contributed by atoms with Crippen molar-refractivity contribution in [2.24, 2.45) is 0 Å². The maximum absolute atomic E-state index is 12.8. The zero-order valence-electron chi connectivity index (χ0n) is 19.9. The standard InChI is InChI=1S/C24H38N6O2/c1-17(28-11-4-5-12-28)6-7-22(32)29-13-8-19(9-14-29)23-26-21-16-30(18(2)31)15-10-20(21)24(25-3)27-23/h17,19H,4-16H2,1-3H3,(H,25,26,27). The molecule has 176 valence electrons. The number of nitrogens with zero attached hydrogens (tertiary/aromatic N) is 5. The van der Waals surface area contributed by atoms with Crippen LogP contribution in [0.5, 0.6) is 0 Å². The van der Waals surface area contributed by atoms with Gasteiger partial charge in [-0.2, -0.15) is 0 Å². The van der Waals surface area contributed by atoms with Gasteiger partial charge in [-0.15, -0.1) is 0 Å². The molecule has 1 aromatic heterocycles. The number of nitrogens with one attached hydrogen (secondary N) is 1. The fourth-order valence-electron chi connectivity index (χ4n) is 5.35. The summed E-state index contributed by atoms with van der Waals surface area (Å²) < 4.78 is 0. The van der Waals surface area contributed by atoms with Crippen LogP contribution in [0.4, 0.5) is 5.82 Å². The first-order chi connectivity index (χ1) is 15.5. The minimum Gasteiger partial charge on any atom is -0.373 e. The van der Waals surface area contributed by atoms with Crippen molar-refractivity contribution in [2.45, 2.75) is 77.3 Å². The summed E-state index contributed by atoms with van der Waals surface area (Å²) in [6.07, 6.45) is 6.75. The van der Waals surface area contributed by atoms with Gasteiger partial charge >= 0.3 is 0 Å². The van der Waals surface area contributed by atoms with Crippen LogP contribution < -0.4 is 5.32 Å². The molecule has 2 saturated heterocycles. The third-order valence-electron chi connectivity index (χ3n) is 7.52. The number of hydrogen-bond donors (Lipinski definition) is 1. The summed E-state index contributed by atoms with van der Waals surface area (Å²) in [6, 6.07) is 0.498. The van der Waals surface area contributed by atoms with E-state index in [0.29, 0.717) is 19.0 Å². The molecule has 3 aliphatic rings. The molecular weight excluding hydrogens is 404 g/mol. The van der Waals surface area contributed by atoms with E-state index >= 15 is 0 Å². The number of likely N-dealkylation sites (tertiary alicyclic amines) is 2. The molecule has 2 amide bonds. The van der Waals surface area contributed by atoms with Gasteiger partial charge < -0.3 is 20.0 Å². The number of piperidine rings is 1. The van der Waals surface area contributed by atoms with Crippen LogP contribution in [-0.4, -0.2) is 82.3 Å². The molecule has 8 nitrogen and oxygen atoms in total. The molecule has 4 rings (SSSR count). The lowest BCUT2D eigenvalue weighted by atomic mass is 9.94. The molecule has 1 unspecified atom stereocenters. The molecule has 0 aliphatic carbocycles. The number of amides is 2. The molecule has 3 aliphatic heterocycles. The molecule has 8 heteroatoms. The van der Waals surface area contributed by atoms with Gasteiger partial charge in [0.1, 0.15) is 11.6 Å². The lowest BCUT2D eigenvalue weighted by Crippen LogP contribution is -2.39. The summed E-state index contributed by atoms with van der Waals surface area (Å²) >= 11 is 0. The molecule has 1 aromatic rings. The second-order valence-electron chi connectivity index (χ2n) is 9.58. The fraction of sp³-hybridized carbons (Fsp3) is 0.750. The summed E-state index contributed by atoms with van der Waals surface area (Å²) in [7, 11) is 1.90. The van der Waals surface area contributed by atoms with E-state index in [0.717, 1.165) is 68.2 Å². The van der Waals surface area contributed by atoms with Crippen molar-refractivity contribution in [3.8, 4) is 0 Å². The van der Waals surface area contributed by atoms with Crippen molar-refractivity contribution in [1.82, 2.24) is 24.7 Å². The van der Waals surface area contributed by atoms with Crippen molar-refractivity contribution in [3.63, 3.8) is 0 Å². The van der Waals surface area contributed by atoms with Crippen molar-refractivity contribution < 1.29 is 9.59 Å². The molecule has 0 saturated carbocycles. The Morgan fingerprint density at radius 2 is 1.78 bits per heavy atom. The van der Waals surface area contributed by atoms with Crippen LogP contribution in [-0.2, 0) is 22.6 Å². The highest BCUT2D eigenvalue weighted by molar-refractivity contribution is 5.76. The Balaban J connectivity index is 1.34. The smallest absolute Gasteiger partial charge is 0.222 e. The maximum Gasteiger partial charge on any atom is 0.222 e. The second-order valence-corrected chi connectivity index (χ2v) is 9.58. The Morgan fingerprint density at radius 3 is 2.44 bits per heavy atom. The fourth-order valence-corrected chi connectivity index (χ4v) is 5.35. The molecule has 0 aromatic carbocycles. The van der Waals surface area contributed by atoms with Crippen LogP contribution in [0, 0.1) is 0 Å². The van der Waals surface area contributed by atoms with E-state index in [2.05, 4.69) is 17.1 Å². The Kier molecular flexibility index (Phi) is 7.28. The zero-order chi connectivity index (χ0) is 22.7. The summed E-state index contributed by atoms with van der Waals surface area (Å²) in [5.41, 5.74) is 2.10. The number of aromatic nitrogens is 2. The first kappa shape index (κ1) is 23.0.